The van der Waals surface area contributed by atoms with Crippen molar-refractivity contribution in [2.45, 2.75) is 37.4 Å². The van der Waals surface area contributed by atoms with Gasteiger partial charge in [-0.3, -0.25) is 9.36 Å². The van der Waals surface area contributed by atoms with Crippen LogP contribution >= 0.6 is 0 Å². The van der Waals surface area contributed by atoms with E-state index >= 15 is 0 Å². The van der Waals surface area contributed by atoms with Crippen molar-refractivity contribution >= 4 is 22.4 Å². The zero-order valence-corrected chi connectivity index (χ0v) is 15.6. The third-order valence-electron chi connectivity index (χ3n) is 6.21. The van der Waals surface area contributed by atoms with Crippen LogP contribution in [0.1, 0.15) is 37.3 Å². The normalized spacial score (nSPS) is 24.6. The molecule has 2 aliphatic rings. The molecule has 2 unspecified atom stereocenters. The molecule has 1 saturated heterocycles. The third kappa shape index (κ3) is 2.12. The number of benzene rings is 2. The van der Waals surface area contributed by atoms with Crippen molar-refractivity contribution in [2.24, 2.45) is 0 Å². The van der Waals surface area contributed by atoms with Gasteiger partial charge in [-0.25, -0.2) is 4.85 Å². The van der Waals surface area contributed by atoms with Gasteiger partial charge in [-0.1, -0.05) is 30.3 Å². The Morgan fingerprint density at radius 2 is 1.83 bits per heavy atom. The van der Waals surface area contributed by atoms with Gasteiger partial charge in [0.1, 0.15) is 5.60 Å². The lowest BCUT2D eigenvalue weighted by Crippen LogP contribution is -2.26. The van der Waals surface area contributed by atoms with Gasteiger partial charge in [0.15, 0.2) is 5.69 Å². The minimum atomic E-state index is -1.16. The van der Waals surface area contributed by atoms with Crippen molar-refractivity contribution in [3.8, 4) is 17.4 Å². The van der Waals surface area contributed by atoms with E-state index in [2.05, 4.69) is 4.85 Å². The van der Waals surface area contributed by atoms with Crippen molar-refractivity contribution in [1.29, 1.82) is 0 Å². The maximum absolute atomic E-state index is 11.5. The van der Waals surface area contributed by atoms with Crippen molar-refractivity contribution in [2.75, 3.05) is 0 Å². The molecule has 7 nitrogen and oxygen atoms in total. The molecule has 5 rings (SSSR count). The van der Waals surface area contributed by atoms with E-state index in [0.717, 1.165) is 0 Å². The number of aliphatic carboxylic acids is 1. The van der Waals surface area contributed by atoms with Gasteiger partial charge in [0.25, 0.3) is 0 Å². The number of rotatable bonds is 3. The highest BCUT2D eigenvalue weighted by Crippen LogP contribution is 2.65. The number of carbonyl (C=O) groups is 1. The van der Waals surface area contributed by atoms with Crippen LogP contribution in [0.5, 0.6) is 11.8 Å². The lowest BCUT2D eigenvalue weighted by Gasteiger charge is -2.24. The molecule has 0 amide bonds. The topological polar surface area (TPSA) is 96.3 Å². The molecule has 29 heavy (non-hydrogen) atoms. The number of fused-ring (bicyclic) bond motifs is 6. The van der Waals surface area contributed by atoms with Crippen molar-refractivity contribution in [3.63, 3.8) is 0 Å². The summed E-state index contributed by atoms with van der Waals surface area (Å²) in [6.45, 7) is 9.20. The highest BCUT2D eigenvalue weighted by atomic mass is 16.5. The number of hydrogen-bond donors (Lipinski definition) is 3. The summed E-state index contributed by atoms with van der Waals surface area (Å²) in [7, 11) is 0. The van der Waals surface area contributed by atoms with Crippen LogP contribution in [-0.4, -0.2) is 25.9 Å². The maximum atomic E-state index is 11.5. The Hall–Kier alpha value is -3.50. The molecule has 7 heteroatoms. The fourth-order valence-electron chi connectivity index (χ4n) is 5.05. The standard InChI is InChI=1S/C22H18N2O5/c1-21-9-10-22(29-21,11-16(25)26)18-17(21)19(27)24(20(18)28)15-8-7-14(23-2)12-5-3-4-6-13(12)15/h3-8,27-28H,9-11H2,1H3,(H,25,26). The van der Waals surface area contributed by atoms with Crippen LogP contribution in [0.15, 0.2) is 36.4 Å². The number of ether oxygens (including phenoxy) is 1. The molecule has 2 aliphatic heterocycles. The Morgan fingerprint density at radius 3 is 2.52 bits per heavy atom. The molecule has 3 heterocycles. The average molecular weight is 390 g/mol. The molecule has 3 aromatic rings. The number of carboxylic acids is 1. The molecule has 0 saturated carbocycles. The largest absolute Gasteiger partial charge is 0.494 e. The molecule has 146 valence electrons. The fraction of sp³-hybridized carbons (Fsp3) is 0.273. The molecule has 2 aromatic carbocycles. The Kier molecular flexibility index (Phi) is 3.35. The second-order valence-corrected chi connectivity index (χ2v) is 7.89. The summed E-state index contributed by atoms with van der Waals surface area (Å²) in [5, 5.41) is 33.1. The molecule has 0 aliphatic carbocycles. The quantitative estimate of drug-likeness (QED) is 0.580. The van der Waals surface area contributed by atoms with Gasteiger partial charge < -0.3 is 20.1 Å². The molecule has 2 bridgehead atoms. The van der Waals surface area contributed by atoms with Gasteiger partial charge >= 0.3 is 5.97 Å². The second-order valence-electron chi connectivity index (χ2n) is 7.89. The first-order valence-electron chi connectivity index (χ1n) is 9.30. The lowest BCUT2D eigenvalue weighted by molar-refractivity contribution is -0.147. The Morgan fingerprint density at radius 1 is 1.14 bits per heavy atom. The van der Waals surface area contributed by atoms with Gasteiger partial charge in [0.2, 0.25) is 11.8 Å². The summed E-state index contributed by atoms with van der Waals surface area (Å²) in [6, 6.07) is 10.6. The zero-order chi connectivity index (χ0) is 20.6. The Labute approximate surface area is 166 Å². The van der Waals surface area contributed by atoms with Crippen LogP contribution in [0.2, 0.25) is 0 Å². The molecule has 2 atom stereocenters. The van der Waals surface area contributed by atoms with E-state index in [9.17, 15) is 20.1 Å². The molecule has 1 fully saturated rings. The summed E-state index contributed by atoms with van der Waals surface area (Å²) < 4.78 is 7.43. The lowest BCUT2D eigenvalue weighted by atomic mass is 9.78. The predicted octanol–water partition coefficient (Wildman–Crippen LogP) is 4.30. The smallest absolute Gasteiger partial charge is 0.306 e. The van der Waals surface area contributed by atoms with Crippen LogP contribution in [0.25, 0.3) is 21.3 Å². The highest BCUT2D eigenvalue weighted by Gasteiger charge is 2.62. The minimum absolute atomic E-state index is 0.160. The van der Waals surface area contributed by atoms with Crippen LogP contribution in [0.4, 0.5) is 5.69 Å². The van der Waals surface area contributed by atoms with Crippen molar-refractivity contribution in [3.05, 3.63) is 58.9 Å². The zero-order valence-electron chi connectivity index (χ0n) is 15.6. The van der Waals surface area contributed by atoms with Gasteiger partial charge in [-0.05, 0) is 36.6 Å². The molecular formula is C22H18N2O5. The summed E-state index contributed by atoms with van der Waals surface area (Å²) in [4.78, 5) is 15.1. The molecular weight excluding hydrogens is 372 g/mol. The van der Waals surface area contributed by atoms with Gasteiger partial charge in [-0.2, -0.15) is 0 Å². The number of nitrogens with zero attached hydrogens (tertiary/aromatic N) is 2. The highest BCUT2D eigenvalue weighted by molar-refractivity contribution is 6.00. The van der Waals surface area contributed by atoms with Crippen LogP contribution in [0.3, 0.4) is 0 Å². The summed E-state index contributed by atoms with van der Waals surface area (Å²) in [5.74, 6) is -1.41. The predicted molar refractivity (Wildman–Crippen MR) is 104 cm³/mol. The Balaban J connectivity index is 1.82. The summed E-state index contributed by atoms with van der Waals surface area (Å²) in [6.07, 6.45) is 0.725. The van der Waals surface area contributed by atoms with Gasteiger partial charge in [0, 0.05) is 0 Å². The SMILES string of the molecule is [C-]#[N+]c1ccc(-n2c(O)c3c(c2O)C2(CC(=O)O)CCC3(C)O2)c2ccccc12. The van der Waals surface area contributed by atoms with Crippen LogP contribution < -0.4 is 0 Å². The molecule has 0 radical (unpaired) electrons. The average Bonchev–Trinajstić information content (AvgIpc) is 3.25. The van der Waals surface area contributed by atoms with Gasteiger partial charge in [0.05, 0.1) is 35.4 Å². The third-order valence-corrected chi connectivity index (χ3v) is 6.21. The van der Waals surface area contributed by atoms with E-state index in [4.69, 9.17) is 11.3 Å². The minimum Gasteiger partial charge on any atom is -0.494 e. The summed E-state index contributed by atoms with van der Waals surface area (Å²) in [5.41, 5.74) is -0.226. The Bertz CT molecular complexity index is 1250. The first-order chi connectivity index (χ1) is 13.8. The maximum Gasteiger partial charge on any atom is 0.306 e. The number of carboxylic acid groups (broad SMARTS) is 1. The van der Waals surface area contributed by atoms with E-state index in [1.165, 1.54) is 4.57 Å². The van der Waals surface area contributed by atoms with Crippen LogP contribution in [0, 0.1) is 6.57 Å². The summed E-state index contributed by atoms with van der Waals surface area (Å²) >= 11 is 0. The number of aromatic nitrogens is 1. The number of hydrogen-bond acceptors (Lipinski definition) is 4. The molecule has 0 spiro atoms. The first-order valence-corrected chi connectivity index (χ1v) is 9.30. The van der Waals surface area contributed by atoms with Gasteiger partial charge in [-0.15, -0.1) is 0 Å². The van der Waals surface area contributed by atoms with Crippen LogP contribution in [-0.2, 0) is 20.7 Å². The van der Waals surface area contributed by atoms with E-state index < -0.39 is 17.2 Å². The van der Waals surface area contributed by atoms with E-state index in [-0.39, 0.29) is 18.2 Å². The number of aromatic hydroxyl groups is 2. The van der Waals surface area contributed by atoms with Crippen molar-refractivity contribution < 1.29 is 24.9 Å². The fourth-order valence-corrected chi connectivity index (χ4v) is 5.05. The molecule has 3 N–H and O–H groups in total. The van der Waals surface area contributed by atoms with Crippen molar-refractivity contribution in [1.82, 2.24) is 4.57 Å². The van der Waals surface area contributed by atoms with E-state index in [0.29, 0.717) is 46.1 Å². The van der Waals surface area contributed by atoms with E-state index in [1.54, 1.807) is 12.1 Å². The first kappa shape index (κ1) is 17.6. The second kappa shape index (κ2) is 5.52. The monoisotopic (exact) mass is 390 g/mol. The van der Waals surface area contributed by atoms with E-state index in [1.807, 2.05) is 31.2 Å². The molecule has 1 aromatic heterocycles.